The molecule has 2 heterocycles. The van der Waals surface area contributed by atoms with E-state index >= 15 is 0 Å². The molecule has 0 aromatic heterocycles. The van der Waals surface area contributed by atoms with Gasteiger partial charge in [-0.1, -0.05) is 24.3 Å². The fourth-order valence-electron chi connectivity index (χ4n) is 3.37. The van der Waals surface area contributed by atoms with Crippen molar-refractivity contribution in [2.24, 2.45) is 0 Å². The Balaban J connectivity index is 1.48. The molecular formula is C21H21N3O5S. The molecule has 0 radical (unpaired) electrons. The zero-order valence-corrected chi connectivity index (χ0v) is 17.0. The highest BCUT2D eigenvalue weighted by Gasteiger charge is 2.26. The number of morpholine rings is 1. The lowest BCUT2D eigenvalue weighted by Crippen LogP contribution is -2.41. The summed E-state index contributed by atoms with van der Waals surface area (Å²) in [5, 5.41) is 2.74. The summed E-state index contributed by atoms with van der Waals surface area (Å²) < 4.78 is 32.0. The van der Waals surface area contributed by atoms with Crippen LogP contribution in [-0.4, -0.2) is 57.4 Å². The van der Waals surface area contributed by atoms with E-state index in [1.807, 2.05) is 0 Å². The fourth-order valence-corrected chi connectivity index (χ4v) is 4.78. The second-order valence-corrected chi connectivity index (χ2v) is 8.85. The molecule has 4 rings (SSSR count). The third-order valence-electron chi connectivity index (χ3n) is 4.94. The molecule has 0 atom stereocenters. The van der Waals surface area contributed by atoms with E-state index in [0.29, 0.717) is 43.2 Å². The van der Waals surface area contributed by atoms with Gasteiger partial charge in [0.2, 0.25) is 15.9 Å². The Morgan fingerprint density at radius 3 is 2.47 bits per heavy atom. The number of para-hydroxylation sites is 2. The topological polar surface area (TPSA) is 96.0 Å². The molecule has 156 valence electrons. The maximum atomic E-state index is 12.7. The third kappa shape index (κ3) is 4.13. The van der Waals surface area contributed by atoms with Crippen LogP contribution in [0.5, 0.6) is 0 Å². The van der Waals surface area contributed by atoms with Crippen LogP contribution >= 0.6 is 0 Å². The van der Waals surface area contributed by atoms with Gasteiger partial charge < -0.3 is 10.1 Å². The van der Waals surface area contributed by atoms with E-state index in [0.717, 1.165) is 0 Å². The lowest BCUT2D eigenvalue weighted by molar-refractivity contribution is -0.119. The Hall–Kier alpha value is -3.01. The van der Waals surface area contributed by atoms with Crippen LogP contribution < -0.4 is 10.2 Å². The zero-order valence-electron chi connectivity index (χ0n) is 16.2. The molecule has 2 aliphatic heterocycles. The van der Waals surface area contributed by atoms with Gasteiger partial charge in [0, 0.05) is 19.2 Å². The summed E-state index contributed by atoms with van der Waals surface area (Å²) in [5.74, 6) is -0.588. The largest absolute Gasteiger partial charge is 0.379 e. The van der Waals surface area contributed by atoms with Crippen molar-refractivity contribution < 1.29 is 22.7 Å². The van der Waals surface area contributed by atoms with Crippen LogP contribution in [-0.2, 0) is 24.3 Å². The molecule has 1 N–H and O–H groups in total. The molecule has 0 unspecified atom stereocenters. The van der Waals surface area contributed by atoms with Gasteiger partial charge in [0.25, 0.3) is 5.91 Å². The molecule has 8 nitrogen and oxygen atoms in total. The lowest BCUT2D eigenvalue weighted by Gasteiger charge is -2.28. The highest BCUT2D eigenvalue weighted by atomic mass is 32.2. The van der Waals surface area contributed by atoms with Crippen LogP contribution in [0.3, 0.4) is 0 Å². The number of amides is 2. The van der Waals surface area contributed by atoms with Crippen LogP contribution in [0.2, 0.25) is 0 Å². The van der Waals surface area contributed by atoms with Crippen LogP contribution in [0.1, 0.15) is 5.56 Å². The summed E-state index contributed by atoms with van der Waals surface area (Å²) in [6.45, 7) is 1.39. The number of hydrogen-bond donors (Lipinski definition) is 1. The third-order valence-corrected chi connectivity index (χ3v) is 6.86. The van der Waals surface area contributed by atoms with Gasteiger partial charge in [0.1, 0.15) is 6.54 Å². The van der Waals surface area contributed by atoms with Crippen LogP contribution in [0.15, 0.2) is 59.5 Å². The van der Waals surface area contributed by atoms with E-state index in [9.17, 15) is 18.0 Å². The van der Waals surface area contributed by atoms with Gasteiger partial charge in [0.05, 0.1) is 29.5 Å². The average molecular weight is 427 g/mol. The summed E-state index contributed by atoms with van der Waals surface area (Å²) in [4.78, 5) is 26.1. The zero-order chi connectivity index (χ0) is 21.1. The molecule has 1 saturated heterocycles. The molecule has 1 fully saturated rings. The Morgan fingerprint density at radius 1 is 1.03 bits per heavy atom. The van der Waals surface area contributed by atoms with Crippen molar-refractivity contribution in [3.8, 4) is 0 Å². The minimum absolute atomic E-state index is 0.0586. The summed E-state index contributed by atoms with van der Waals surface area (Å²) in [7, 11) is -3.56. The molecule has 2 amide bonds. The number of sulfonamides is 1. The number of carbonyl (C=O) groups excluding carboxylic acids is 2. The predicted molar refractivity (Wildman–Crippen MR) is 112 cm³/mol. The first-order valence-corrected chi connectivity index (χ1v) is 11.0. The molecule has 9 heteroatoms. The highest BCUT2D eigenvalue weighted by molar-refractivity contribution is 7.89. The molecule has 2 aliphatic rings. The first-order chi connectivity index (χ1) is 14.4. The number of hydrogen-bond acceptors (Lipinski definition) is 5. The van der Waals surface area contributed by atoms with Crippen molar-refractivity contribution >= 4 is 39.3 Å². The minimum Gasteiger partial charge on any atom is -0.379 e. The van der Waals surface area contributed by atoms with Crippen molar-refractivity contribution in [3.05, 3.63) is 60.2 Å². The lowest BCUT2D eigenvalue weighted by atomic mass is 10.1. The summed E-state index contributed by atoms with van der Waals surface area (Å²) >= 11 is 0. The van der Waals surface area contributed by atoms with Crippen LogP contribution in [0, 0.1) is 0 Å². The highest BCUT2D eigenvalue weighted by Crippen LogP contribution is 2.29. The average Bonchev–Trinajstić information content (AvgIpc) is 2.77. The minimum atomic E-state index is -3.56. The number of fused-ring (bicyclic) bond motifs is 1. The molecule has 2 aromatic rings. The molecule has 0 spiro atoms. The smallest absolute Gasteiger partial charge is 0.251 e. The van der Waals surface area contributed by atoms with Crippen molar-refractivity contribution in [3.63, 3.8) is 0 Å². The van der Waals surface area contributed by atoms with E-state index in [2.05, 4.69) is 5.32 Å². The maximum Gasteiger partial charge on any atom is 0.251 e. The molecule has 2 aromatic carbocycles. The van der Waals surface area contributed by atoms with Gasteiger partial charge in [-0.05, 0) is 35.9 Å². The number of carbonyl (C=O) groups is 2. The standard InChI is InChI=1S/C21H21N3O5S/c25-20-15-24(19-4-2-1-3-18(19)22-20)21(26)10-7-16-5-8-17(9-6-16)30(27,28)23-11-13-29-14-12-23/h1-10H,11-15H2,(H,22,25)/b10-7+. The number of nitrogens with zero attached hydrogens (tertiary/aromatic N) is 2. The first kappa shape index (κ1) is 20.3. The van der Waals surface area contributed by atoms with Crippen molar-refractivity contribution in [1.29, 1.82) is 0 Å². The van der Waals surface area contributed by atoms with Crippen molar-refractivity contribution in [2.45, 2.75) is 4.90 Å². The Bertz CT molecular complexity index is 1090. The van der Waals surface area contributed by atoms with Crippen molar-refractivity contribution in [2.75, 3.05) is 43.1 Å². The van der Waals surface area contributed by atoms with E-state index in [4.69, 9.17) is 4.74 Å². The molecule has 0 aliphatic carbocycles. The van der Waals surface area contributed by atoms with E-state index in [1.165, 1.54) is 27.4 Å². The fraction of sp³-hybridized carbons (Fsp3) is 0.238. The molecular weight excluding hydrogens is 406 g/mol. The van der Waals surface area contributed by atoms with Gasteiger partial charge >= 0.3 is 0 Å². The van der Waals surface area contributed by atoms with Gasteiger partial charge in [-0.15, -0.1) is 0 Å². The van der Waals surface area contributed by atoms with E-state index in [-0.39, 0.29) is 23.3 Å². The number of ether oxygens (including phenoxy) is 1. The number of nitrogens with one attached hydrogen (secondary N) is 1. The number of benzene rings is 2. The van der Waals surface area contributed by atoms with E-state index in [1.54, 1.807) is 42.5 Å². The number of anilines is 2. The normalized spacial score (nSPS) is 17.6. The van der Waals surface area contributed by atoms with Crippen LogP contribution in [0.4, 0.5) is 11.4 Å². The summed E-state index contributed by atoms with van der Waals surface area (Å²) in [6.07, 6.45) is 2.98. The number of rotatable bonds is 4. The van der Waals surface area contributed by atoms with E-state index < -0.39 is 10.0 Å². The monoisotopic (exact) mass is 427 g/mol. The Kier molecular flexibility index (Phi) is 5.67. The Morgan fingerprint density at radius 2 is 1.73 bits per heavy atom. The van der Waals surface area contributed by atoms with Gasteiger partial charge in [-0.25, -0.2) is 8.42 Å². The molecule has 0 bridgehead atoms. The second-order valence-electron chi connectivity index (χ2n) is 6.91. The van der Waals surface area contributed by atoms with Crippen molar-refractivity contribution in [1.82, 2.24) is 4.31 Å². The first-order valence-electron chi connectivity index (χ1n) is 9.51. The predicted octanol–water partition coefficient (Wildman–Crippen LogP) is 1.71. The summed E-state index contributed by atoms with van der Waals surface area (Å²) in [6, 6.07) is 13.4. The van der Waals surface area contributed by atoms with Gasteiger partial charge in [-0.3, -0.25) is 14.5 Å². The molecule has 0 saturated carbocycles. The Labute approximate surface area is 174 Å². The molecule has 30 heavy (non-hydrogen) atoms. The summed E-state index contributed by atoms with van der Waals surface area (Å²) in [5.41, 5.74) is 1.91. The SMILES string of the molecule is O=C1CN(C(=O)/C=C/c2ccc(S(=O)(=O)N3CCOCC3)cc2)c2ccccc2N1. The maximum absolute atomic E-state index is 12.7. The van der Waals surface area contributed by atoms with Gasteiger partial charge in [-0.2, -0.15) is 4.31 Å². The second kappa shape index (κ2) is 8.39. The van der Waals surface area contributed by atoms with Gasteiger partial charge in [0.15, 0.2) is 0 Å². The quantitative estimate of drug-likeness (QED) is 0.750. The van der Waals surface area contributed by atoms with Crippen LogP contribution in [0.25, 0.3) is 6.08 Å².